The number of ether oxygens (including phenoxy) is 1. The summed E-state index contributed by atoms with van der Waals surface area (Å²) in [4.78, 5) is 11.7. The summed E-state index contributed by atoms with van der Waals surface area (Å²) < 4.78 is 5.27. The van der Waals surface area contributed by atoms with Crippen LogP contribution in [-0.4, -0.2) is 37.7 Å². The predicted octanol–water partition coefficient (Wildman–Crippen LogP) is 1.06. The third-order valence-electron chi connectivity index (χ3n) is 4.03. The highest BCUT2D eigenvalue weighted by atomic mass is 16.5. The Morgan fingerprint density at radius 1 is 1.29 bits per heavy atom. The molecule has 4 nitrogen and oxygen atoms in total. The largest absolute Gasteiger partial charge is 0.381 e. The highest BCUT2D eigenvalue weighted by Crippen LogP contribution is 2.29. The molecule has 4 heteroatoms. The summed E-state index contributed by atoms with van der Waals surface area (Å²) in [5.41, 5.74) is 0. The normalized spacial score (nSPS) is 24.1. The monoisotopic (exact) mass is 240 g/mol. The van der Waals surface area contributed by atoms with Gasteiger partial charge in [0.05, 0.1) is 6.54 Å². The van der Waals surface area contributed by atoms with Crippen LogP contribution in [0.2, 0.25) is 0 Å². The quantitative estimate of drug-likeness (QED) is 0.755. The topological polar surface area (TPSA) is 50.4 Å². The van der Waals surface area contributed by atoms with Gasteiger partial charge in [-0.2, -0.15) is 0 Å². The zero-order chi connectivity index (χ0) is 12.1. The predicted molar refractivity (Wildman–Crippen MR) is 66.8 cm³/mol. The third kappa shape index (κ3) is 3.96. The molecule has 1 atom stereocenters. The average Bonchev–Trinajstić information content (AvgIpc) is 2.25. The highest BCUT2D eigenvalue weighted by Gasteiger charge is 2.24. The Hall–Kier alpha value is -0.610. The molecule has 98 valence electrons. The van der Waals surface area contributed by atoms with Crippen LogP contribution in [0.3, 0.4) is 0 Å². The SMILES string of the molecule is CC(NCC(=O)NC1CCOCC1)C1CCC1. The van der Waals surface area contributed by atoms with Crippen molar-refractivity contribution >= 4 is 5.91 Å². The second-order valence-corrected chi connectivity index (χ2v) is 5.31. The molecule has 2 aliphatic rings. The van der Waals surface area contributed by atoms with Crippen LogP contribution in [0.1, 0.15) is 39.0 Å². The van der Waals surface area contributed by atoms with Crippen LogP contribution >= 0.6 is 0 Å². The summed E-state index contributed by atoms with van der Waals surface area (Å²) >= 11 is 0. The Bertz CT molecular complexity index is 248. The molecule has 0 bridgehead atoms. The van der Waals surface area contributed by atoms with Gasteiger partial charge in [0.15, 0.2) is 0 Å². The number of nitrogens with one attached hydrogen (secondary N) is 2. The van der Waals surface area contributed by atoms with Crippen molar-refractivity contribution < 1.29 is 9.53 Å². The van der Waals surface area contributed by atoms with E-state index >= 15 is 0 Å². The number of carbonyl (C=O) groups excluding carboxylic acids is 1. The summed E-state index contributed by atoms with van der Waals surface area (Å²) in [6.45, 7) is 4.19. The van der Waals surface area contributed by atoms with E-state index in [1.165, 1.54) is 19.3 Å². The van der Waals surface area contributed by atoms with Crippen LogP contribution in [0.25, 0.3) is 0 Å². The van der Waals surface area contributed by atoms with Crippen LogP contribution < -0.4 is 10.6 Å². The Morgan fingerprint density at radius 2 is 2.00 bits per heavy atom. The molecule has 17 heavy (non-hydrogen) atoms. The van der Waals surface area contributed by atoms with E-state index in [2.05, 4.69) is 17.6 Å². The lowest BCUT2D eigenvalue weighted by Gasteiger charge is -2.32. The van der Waals surface area contributed by atoms with Crippen molar-refractivity contribution in [2.45, 2.75) is 51.1 Å². The molecule has 1 saturated carbocycles. The van der Waals surface area contributed by atoms with Crippen LogP contribution in [0.4, 0.5) is 0 Å². The van der Waals surface area contributed by atoms with Crippen molar-refractivity contribution in [2.75, 3.05) is 19.8 Å². The van der Waals surface area contributed by atoms with Gasteiger partial charge in [-0.1, -0.05) is 6.42 Å². The van der Waals surface area contributed by atoms with E-state index in [1.54, 1.807) is 0 Å². The molecule has 0 spiro atoms. The van der Waals surface area contributed by atoms with Crippen molar-refractivity contribution in [1.29, 1.82) is 0 Å². The Kier molecular flexibility index (Phi) is 4.80. The van der Waals surface area contributed by atoms with Gasteiger partial charge in [-0.05, 0) is 38.5 Å². The van der Waals surface area contributed by atoms with Gasteiger partial charge in [0, 0.05) is 25.3 Å². The lowest BCUT2D eigenvalue weighted by Crippen LogP contribution is -2.46. The molecule has 2 rings (SSSR count). The minimum atomic E-state index is 0.128. The van der Waals surface area contributed by atoms with E-state index in [1.807, 2.05) is 0 Å². The number of carbonyl (C=O) groups is 1. The maximum atomic E-state index is 11.7. The standard InChI is InChI=1S/C13H24N2O2/c1-10(11-3-2-4-11)14-9-13(16)15-12-5-7-17-8-6-12/h10-12,14H,2-9H2,1H3,(H,15,16). The molecule has 0 aromatic rings. The van der Waals surface area contributed by atoms with Crippen molar-refractivity contribution in [3.8, 4) is 0 Å². The molecule has 1 heterocycles. The van der Waals surface area contributed by atoms with E-state index in [4.69, 9.17) is 4.74 Å². The van der Waals surface area contributed by atoms with Crippen molar-refractivity contribution in [3.63, 3.8) is 0 Å². The maximum Gasteiger partial charge on any atom is 0.234 e. The molecule has 1 amide bonds. The van der Waals surface area contributed by atoms with Gasteiger partial charge in [0.2, 0.25) is 5.91 Å². The summed E-state index contributed by atoms with van der Waals surface area (Å²) in [6, 6.07) is 0.793. The first-order valence-corrected chi connectivity index (χ1v) is 6.86. The van der Waals surface area contributed by atoms with Gasteiger partial charge in [0.25, 0.3) is 0 Å². The Balaban J connectivity index is 1.59. The molecular formula is C13H24N2O2. The smallest absolute Gasteiger partial charge is 0.234 e. The zero-order valence-electron chi connectivity index (χ0n) is 10.7. The molecule has 2 N–H and O–H groups in total. The molecule has 2 fully saturated rings. The summed E-state index contributed by atoms with van der Waals surface area (Å²) in [5.74, 6) is 0.911. The van der Waals surface area contributed by atoms with E-state index in [0.717, 1.165) is 32.0 Å². The first-order chi connectivity index (χ1) is 8.25. The number of hydrogen-bond donors (Lipinski definition) is 2. The molecule has 0 aromatic heterocycles. The van der Waals surface area contributed by atoms with Gasteiger partial charge in [-0.3, -0.25) is 4.79 Å². The fourth-order valence-electron chi connectivity index (χ4n) is 2.48. The van der Waals surface area contributed by atoms with Crippen molar-refractivity contribution in [3.05, 3.63) is 0 Å². The third-order valence-corrected chi connectivity index (χ3v) is 4.03. The number of hydrogen-bond acceptors (Lipinski definition) is 3. The zero-order valence-corrected chi connectivity index (χ0v) is 10.7. The Labute approximate surface area is 103 Å². The summed E-state index contributed by atoms with van der Waals surface area (Å²) in [6.07, 6.45) is 5.88. The van der Waals surface area contributed by atoms with Crippen LogP contribution in [0.15, 0.2) is 0 Å². The average molecular weight is 240 g/mol. The summed E-state index contributed by atoms with van der Waals surface area (Å²) in [5, 5.41) is 6.40. The molecule has 1 aliphatic heterocycles. The van der Waals surface area contributed by atoms with Gasteiger partial charge >= 0.3 is 0 Å². The molecule has 0 radical (unpaired) electrons. The second-order valence-electron chi connectivity index (χ2n) is 5.31. The van der Waals surface area contributed by atoms with Crippen molar-refractivity contribution in [1.82, 2.24) is 10.6 Å². The number of rotatable bonds is 5. The molecule has 1 unspecified atom stereocenters. The fraction of sp³-hybridized carbons (Fsp3) is 0.923. The van der Waals surface area contributed by atoms with Crippen LogP contribution in [0, 0.1) is 5.92 Å². The highest BCUT2D eigenvalue weighted by molar-refractivity contribution is 5.78. The van der Waals surface area contributed by atoms with E-state index in [-0.39, 0.29) is 5.91 Å². The molecule has 1 saturated heterocycles. The first-order valence-electron chi connectivity index (χ1n) is 6.86. The van der Waals surface area contributed by atoms with E-state index in [0.29, 0.717) is 18.6 Å². The molecular weight excluding hydrogens is 216 g/mol. The van der Waals surface area contributed by atoms with Gasteiger partial charge in [-0.25, -0.2) is 0 Å². The first kappa shape index (κ1) is 12.8. The Morgan fingerprint density at radius 3 is 2.59 bits per heavy atom. The molecule has 1 aliphatic carbocycles. The second kappa shape index (κ2) is 6.36. The minimum absolute atomic E-state index is 0.128. The summed E-state index contributed by atoms with van der Waals surface area (Å²) in [7, 11) is 0. The lowest BCUT2D eigenvalue weighted by atomic mass is 9.80. The van der Waals surface area contributed by atoms with Gasteiger partial charge in [0.1, 0.15) is 0 Å². The van der Waals surface area contributed by atoms with E-state index < -0.39 is 0 Å². The number of amides is 1. The maximum absolute atomic E-state index is 11.7. The van der Waals surface area contributed by atoms with Gasteiger partial charge in [-0.15, -0.1) is 0 Å². The van der Waals surface area contributed by atoms with Crippen LogP contribution in [0.5, 0.6) is 0 Å². The molecule has 0 aromatic carbocycles. The van der Waals surface area contributed by atoms with Gasteiger partial charge < -0.3 is 15.4 Å². The fourth-order valence-corrected chi connectivity index (χ4v) is 2.48. The van der Waals surface area contributed by atoms with Crippen LogP contribution in [-0.2, 0) is 9.53 Å². The van der Waals surface area contributed by atoms with E-state index in [9.17, 15) is 4.79 Å². The minimum Gasteiger partial charge on any atom is -0.381 e. The lowest BCUT2D eigenvalue weighted by molar-refractivity contribution is -0.121. The van der Waals surface area contributed by atoms with Crippen molar-refractivity contribution in [2.24, 2.45) is 5.92 Å².